The second-order valence-corrected chi connectivity index (χ2v) is 5.36. The zero-order valence-electron chi connectivity index (χ0n) is 13.2. The Hall–Kier alpha value is -2.10. The van der Waals surface area contributed by atoms with Crippen LogP contribution in [0.25, 0.3) is 0 Å². The van der Waals surface area contributed by atoms with Crippen molar-refractivity contribution >= 4 is 5.95 Å². The lowest BCUT2D eigenvalue weighted by molar-refractivity contribution is 0.414. The van der Waals surface area contributed by atoms with Crippen molar-refractivity contribution in [2.75, 3.05) is 19.0 Å². The summed E-state index contributed by atoms with van der Waals surface area (Å²) in [6, 6.07) is 10.2. The van der Waals surface area contributed by atoms with E-state index in [-0.39, 0.29) is 0 Å². The highest BCUT2D eigenvalue weighted by Crippen LogP contribution is 2.21. The summed E-state index contributed by atoms with van der Waals surface area (Å²) in [5, 5.41) is 3.30. The minimum Gasteiger partial charge on any atom is -0.497 e. The van der Waals surface area contributed by atoms with Gasteiger partial charge in [0, 0.05) is 17.9 Å². The molecule has 112 valence electrons. The van der Waals surface area contributed by atoms with Gasteiger partial charge < -0.3 is 10.1 Å². The summed E-state index contributed by atoms with van der Waals surface area (Å²) < 4.78 is 5.18. The van der Waals surface area contributed by atoms with Crippen LogP contribution in [0.4, 0.5) is 5.95 Å². The molecule has 0 saturated carbocycles. The van der Waals surface area contributed by atoms with E-state index in [2.05, 4.69) is 34.3 Å². The maximum Gasteiger partial charge on any atom is 0.223 e. The van der Waals surface area contributed by atoms with E-state index in [1.807, 2.05) is 32.0 Å². The van der Waals surface area contributed by atoms with Crippen LogP contribution in [0.2, 0.25) is 0 Å². The molecule has 4 heteroatoms. The van der Waals surface area contributed by atoms with Crippen molar-refractivity contribution in [3.8, 4) is 5.75 Å². The number of nitrogens with one attached hydrogen (secondary N) is 1. The molecule has 1 atom stereocenters. The van der Waals surface area contributed by atoms with Crippen LogP contribution in [0.5, 0.6) is 5.75 Å². The first-order chi connectivity index (χ1) is 10.1. The third-order valence-electron chi connectivity index (χ3n) is 3.53. The zero-order valence-corrected chi connectivity index (χ0v) is 13.2. The number of nitrogens with zero attached hydrogens (tertiary/aromatic N) is 2. The molecule has 0 aliphatic heterocycles. The molecular formula is C17H23N3O. The van der Waals surface area contributed by atoms with Crippen LogP contribution in [0, 0.1) is 13.8 Å². The third-order valence-corrected chi connectivity index (χ3v) is 3.53. The lowest BCUT2D eigenvalue weighted by Gasteiger charge is -2.13. The first-order valence-electron chi connectivity index (χ1n) is 7.28. The van der Waals surface area contributed by atoms with Gasteiger partial charge in [-0.25, -0.2) is 9.97 Å². The molecule has 0 fully saturated rings. The van der Waals surface area contributed by atoms with E-state index in [1.54, 1.807) is 7.11 Å². The molecule has 4 nitrogen and oxygen atoms in total. The van der Waals surface area contributed by atoms with E-state index >= 15 is 0 Å². The molecule has 1 unspecified atom stereocenters. The molecule has 21 heavy (non-hydrogen) atoms. The molecule has 1 aromatic carbocycles. The predicted octanol–water partition coefficient (Wildman–Crippen LogP) is 3.71. The number of methoxy groups -OCH3 is 1. The highest BCUT2D eigenvalue weighted by Gasteiger charge is 2.06. The molecule has 0 bridgehead atoms. The summed E-state index contributed by atoms with van der Waals surface area (Å²) in [6.45, 7) is 7.06. The van der Waals surface area contributed by atoms with E-state index in [4.69, 9.17) is 4.74 Å². The number of ether oxygens (including phenoxy) is 1. The van der Waals surface area contributed by atoms with Gasteiger partial charge in [0.1, 0.15) is 5.75 Å². The monoisotopic (exact) mass is 285 g/mol. The van der Waals surface area contributed by atoms with E-state index in [0.29, 0.717) is 5.92 Å². The Bertz CT molecular complexity index is 561. The standard InChI is InChI=1S/C17H23N3O/c1-12(15-5-7-16(21-4)8-6-15)9-10-18-17-19-13(2)11-14(3)20-17/h5-8,11-12H,9-10H2,1-4H3,(H,18,19,20). The second kappa shape index (κ2) is 7.07. The summed E-state index contributed by atoms with van der Waals surface area (Å²) in [7, 11) is 1.69. The number of aryl methyl sites for hydroxylation is 2. The van der Waals surface area contributed by atoms with Gasteiger partial charge in [-0.1, -0.05) is 19.1 Å². The topological polar surface area (TPSA) is 47.0 Å². The Morgan fingerprint density at radius 3 is 2.29 bits per heavy atom. The number of hydrogen-bond donors (Lipinski definition) is 1. The van der Waals surface area contributed by atoms with Gasteiger partial charge in [0.25, 0.3) is 0 Å². The van der Waals surface area contributed by atoms with Crippen molar-refractivity contribution in [3.05, 3.63) is 47.3 Å². The van der Waals surface area contributed by atoms with Gasteiger partial charge in [-0.05, 0) is 49.9 Å². The van der Waals surface area contributed by atoms with Crippen molar-refractivity contribution in [1.82, 2.24) is 9.97 Å². The van der Waals surface area contributed by atoms with Crippen LogP contribution >= 0.6 is 0 Å². The van der Waals surface area contributed by atoms with E-state index in [9.17, 15) is 0 Å². The van der Waals surface area contributed by atoms with E-state index in [1.165, 1.54) is 5.56 Å². The maximum absolute atomic E-state index is 5.18. The highest BCUT2D eigenvalue weighted by molar-refractivity contribution is 5.30. The fourth-order valence-electron chi connectivity index (χ4n) is 2.30. The first kappa shape index (κ1) is 15.3. The molecule has 1 aromatic heterocycles. The van der Waals surface area contributed by atoms with Crippen LogP contribution in [0.3, 0.4) is 0 Å². The van der Waals surface area contributed by atoms with Gasteiger partial charge in [-0.15, -0.1) is 0 Å². The Morgan fingerprint density at radius 2 is 1.71 bits per heavy atom. The van der Waals surface area contributed by atoms with Crippen LogP contribution in [0.1, 0.15) is 36.2 Å². The lowest BCUT2D eigenvalue weighted by Crippen LogP contribution is -2.09. The second-order valence-electron chi connectivity index (χ2n) is 5.36. The summed E-state index contributed by atoms with van der Waals surface area (Å²) in [5.41, 5.74) is 3.31. The fourth-order valence-corrected chi connectivity index (χ4v) is 2.30. The molecule has 1 N–H and O–H groups in total. The Labute approximate surface area is 126 Å². The van der Waals surface area contributed by atoms with Crippen LogP contribution < -0.4 is 10.1 Å². The lowest BCUT2D eigenvalue weighted by atomic mass is 9.98. The Morgan fingerprint density at radius 1 is 1.10 bits per heavy atom. The number of rotatable bonds is 6. The SMILES string of the molecule is COc1ccc(C(C)CCNc2nc(C)cc(C)n2)cc1. The van der Waals surface area contributed by atoms with Crippen molar-refractivity contribution in [3.63, 3.8) is 0 Å². The van der Waals surface area contributed by atoms with Crippen molar-refractivity contribution in [2.24, 2.45) is 0 Å². The molecule has 0 spiro atoms. The first-order valence-corrected chi connectivity index (χ1v) is 7.28. The van der Waals surface area contributed by atoms with E-state index in [0.717, 1.165) is 36.1 Å². The molecule has 0 amide bonds. The quantitative estimate of drug-likeness (QED) is 0.879. The molecule has 2 aromatic rings. The minimum atomic E-state index is 0.481. The van der Waals surface area contributed by atoms with E-state index < -0.39 is 0 Å². The largest absolute Gasteiger partial charge is 0.497 e. The van der Waals surface area contributed by atoms with Crippen LogP contribution in [-0.2, 0) is 0 Å². The summed E-state index contributed by atoms with van der Waals surface area (Å²) >= 11 is 0. The smallest absolute Gasteiger partial charge is 0.223 e. The number of hydrogen-bond acceptors (Lipinski definition) is 4. The average Bonchev–Trinajstić information content (AvgIpc) is 2.46. The number of benzene rings is 1. The van der Waals surface area contributed by atoms with Crippen molar-refractivity contribution in [1.29, 1.82) is 0 Å². The normalized spacial score (nSPS) is 12.0. The van der Waals surface area contributed by atoms with Gasteiger partial charge >= 0.3 is 0 Å². The Kier molecular flexibility index (Phi) is 5.14. The molecule has 0 aliphatic carbocycles. The summed E-state index contributed by atoms with van der Waals surface area (Å²) in [4.78, 5) is 8.78. The number of aromatic nitrogens is 2. The van der Waals surface area contributed by atoms with Crippen molar-refractivity contribution < 1.29 is 4.74 Å². The predicted molar refractivity (Wildman–Crippen MR) is 86.0 cm³/mol. The minimum absolute atomic E-state index is 0.481. The third kappa shape index (κ3) is 4.45. The van der Waals surface area contributed by atoms with Gasteiger partial charge in [0.2, 0.25) is 5.95 Å². The fraction of sp³-hybridized carbons (Fsp3) is 0.412. The Balaban J connectivity index is 1.87. The van der Waals surface area contributed by atoms with Gasteiger partial charge in [-0.3, -0.25) is 0 Å². The van der Waals surface area contributed by atoms with Crippen molar-refractivity contribution in [2.45, 2.75) is 33.1 Å². The molecule has 0 saturated heterocycles. The van der Waals surface area contributed by atoms with Crippen LogP contribution in [-0.4, -0.2) is 23.6 Å². The molecular weight excluding hydrogens is 262 g/mol. The molecule has 2 rings (SSSR count). The average molecular weight is 285 g/mol. The molecule has 0 radical (unpaired) electrons. The summed E-state index contributed by atoms with van der Waals surface area (Å²) in [6.07, 6.45) is 1.03. The number of anilines is 1. The summed E-state index contributed by atoms with van der Waals surface area (Å²) in [5.74, 6) is 2.09. The molecule has 0 aliphatic rings. The molecule has 1 heterocycles. The van der Waals surface area contributed by atoms with Gasteiger partial charge in [-0.2, -0.15) is 0 Å². The maximum atomic E-state index is 5.18. The highest BCUT2D eigenvalue weighted by atomic mass is 16.5. The van der Waals surface area contributed by atoms with Gasteiger partial charge in [0.05, 0.1) is 7.11 Å². The van der Waals surface area contributed by atoms with Crippen LogP contribution in [0.15, 0.2) is 30.3 Å². The van der Waals surface area contributed by atoms with Gasteiger partial charge in [0.15, 0.2) is 0 Å². The zero-order chi connectivity index (χ0) is 15.2.